The molecule has 3 rings (SSSR count). The van der Waals surface area contributed by atoms with E-state index in [0.29, 0.717) is 5.56 Å². The Bertz CT molecular complexity index is 778. The molecule has 0 N–H and O–H groups in total. The average molecular weight is 283 g/mol. The molecule has 0 spiro atoms. The molecule has 20 heavy (non-hydrogen) atoms. The van der Waals surface area contributed by atoms with Gasteiger partial charge in [-0.25, -0.2) is 0 Å². The second-order valence-electron chi connectivity index (χ2n) is 4.52. The lowest BCUT2D eigenvalue weighted by atomic mass is 10.2. The molecule has 0 fully saturated rings. The molecule has 2 heterocycles. The lowest BCUT2D eigenvalue weighted by Gasteiger charge is -2.03. The maximum Gasteiger partial charge on any atom is 0.168 e. The Morgan fingerprint density at radius 1 is 1.20 bits per heavy atom. The number of carbonyl (C=O) groups is 1. The van der Waals surface area contributed by atoms with Crippen LogP contribution in [0.5, 0.6) is 0 Å². The number of hydrogen-bond donors (Lipinski definition) is 0. The van der Waals surface area contributed by atoms with Gasteiger partial charge in [-0.2, -0.15) is 0 Å². The molecule has 0 unspecified atom stereocenters. The number of carbonyl (C=O) groups excluding carboxylic acids is 1. The van der Waals surface area contributed by atoms with Gasteiger partial charge in [0.05, 0.1) is 0 Å². The van der Waals surface area contributed by atoms with Gasteiger partial charge >= 0.3 is 0 Å². The van der Waals surface area contributed by atoms with Crippen molar-refractivity contribution in [3.05, 3.63) is 47.7 Å². The molecule has 0 aliphatic rings. The van der Waals surface area contributed by atoms with Gasteiger partial charge in [0, 0.05) is 22.2 Å². The molecule has 5 heteroatoms. The fourth-order valence-electron chi connectivity index (χ4n) is 2.18. The van der Waals surface area contributed by atoms with Gasteiger partial charge in [-0.15, -0.1) is 22.0 Å². The fraction of sp³-hybridized carbons (Fsp3) is 0.133. The Morgan fingerprint density at radius 2 is 1.95 bits per heavy atom. The second kappa shape index (κ2) is 5.09. The van der Waals surface area contributed by atoms with Crippen LogP contribution in [0.3, 0.4) is 0 Å². The molecule has 1 aromatic carbocycles. The third kappa shape index (κ3) is 2.10. The minimum Gasteiger partial charge on any atom is -0.298 e. The monoisotopic (exact) mass is 283 g/mol. The normalized spacial score (nSPS) is 10.9. The molecule has 0 bridgehead atoms. The first-order valence-electron chi connectivity index (χ1n) is 6.18. The van der Waals surface area contributed by atoms with E-state index in [4.69, 9.17) is 0 Å². The minimum absolute atomic E-state index is 0.622. The van der Waals surface area contributed by atoms with Crippen LogP contribution in [-0.4, -0.2) is 27.1 Å². The molecule has 3 aromatic rings. The minimum atomic E-state index is 0.622. The number of aldehydes is 1. The van der Waals surface area contributed by atoms with Gasteiger partial charge in [-0.3, -0.25) is 9.20 Å². The number of nitrogens with zero attached hydrogens (tertiary/aromatic N) is 3. The topological polar surface area (TPSA) is 47.3 Å². The van der Waals surface area contributed by atoms with Gasteiger partial charge in [-0.05, 0) is 36.9 Å². The van der Waals surface area contributed by atoms with Gasteiger partial charge in [0.15, 0.2) is 17.8 Å². The number of aryl methyl sites for hydroxylation is 1. The van der Waals surface area contributed by atoms with E-state index < -0.39 is 0 Å². The smallest absolute Gasteiger partial charge is 0.168 e. The fourth-order valence-corrected chi connectivity index (χ4v) is 2.59. The van der Waals surface area contributed by atoms with E-state index in [1.165, 1.54) is 4.90 Å². The molecule has 0 aliphatic heterocycles. The van der Waals surface area contributed by atoms with Gasteiger partial charge in [0.25, 0.3) is 0 Å². The second-order valence-corrected chi connectivity index (χ2v) is 5.40. The van der Waals surface area contributed by atoms with Crippen LogP contribution in [0.4, 0.5) is 0 Å². The van der Waals surface area contributed by atoms with E-state index in [1.54, 1.807) is 18.0 Å². The highest BCUT2D eigenvalue weighted by molar-refractivity contribution is 7.98. The van der Waals surface area contributed by atoms with E-state index in [-0.39, 0.29) is 0 Å². The van der Waals surface area contributed by atoms with Crippen molar-refractivity contribution in [1.29, 1.82) is 0 Å². The number of pyridine rings is 1. The van der Waals surface area contributed by atoms with Crippen molar-refractivity contribution in [1.82, 2.24) is 14.6 Å². The van der Waals surface area contributed by atoms with Crippen LogP contribution in [0.25, 0.3) is 17.0 Å². The molecular formula is C15H13N3OS. The Kier molecular flexibility index (Phi) is 3.28. The van der Waals surface area contributed by atoms with E-state index in [1.807, 2.05) is 35.8 Å². The molecule has 0 radical (unpaired) electrons. The highest BCUT2D eigenvalue weighted by Crippen LogP contribution is 2.23. The first-order valence-corrected chi connectivity index (χ1v) is 7.40. The zero-order valence-corrected chi connectivity index (χ0v) is 12.0. The van der Waals surface area contributed by atoms with Crippen LogP contribution < -0.4 is 0 Å². The van der Waals surface area contributed by atoms with E-state index in [0.717, 1.165) is 28.9 Å². The summed E-state index contributed by atoms with van der Waals surface area (Å²) in [4.78, 5) is 12.2. The van der Waals surface area contributed by atoms with Crippen molar-refractivity contribution in [3.63, 3.8) is 0 Å². The summed E-state index contributed by atoms with van der Waals surface area (Å²) in [6, 6.07) is 9.96. The predicted octanol–water partition coefficient (Wildman–Crippen LogP) is 3.24. The summed E-state index contributed by atoms with van der Waals surface area (Å²) in [7, 11) is 0. The van der Waals surface area contributed by atoms with E-state index >= 15 is 0 Å². The Balaban J connectivity index is 2.20. The van der Waals surface area contributed by atoms with Crippen LogP contribution in [0, 0.1) is 6.92 Å². The van der Waals surface area contributed by atoms with Gasteiger partial charge in [-0.1, -0.05) is 12.1 Å². The highest BCUT2D eigenvalue weighted by Gasteiger charge is 2.10. The number of rotatable bonds is 3. The standard InChI is InChI=1S/C15H13N3OS/c1-10-7-11(9-19)8-18-14(10)16-17-15(18)12-3-5-13(20-2)6-4-12/h3-9H,1-2H3. The number of hydrogen-bond acceptors (Lipinski definition) is 4. The number of fused-ring (bicyclic) bond motifs is 1. The summed E-state index contributed by atoms with van der Waals surface area (Å²) in [5.41, 5.74) is 3.32. The zero-order chi connectivity index (χ0) is 14.1. The molecule has 2 aromatic heterocycles. The van der Waals surface area contributed by atoms with Gasteiger partial charge in [0.1, 0.15) is 0 Å². The van der Waals surface area contributed by atoms with Crippen LogP contribution in [0.2, 0.25) is 0 Å². The SMILES string of the molecule is CSc1ccc(-c2nnc3c(C)cc(C=O)cn23)cc1. The maximum atomic E-state index is 11.0. The summed E-state index contributed by atoms with van der Waals surface area (Å²) in [6.07, 6.45) is 4.65. The third-order valence-corrected chi connectivity index (χ3v) is 3.94. The molecule has 100 valence electrons. The van der Waals surface area contributed by atoms with Crippen molar-refractivity contribution in [2.45, 2.75) is 11.8 Å². The molecule has 0 atom stereocenters. The molecule has 0 saturated carbocycles. The molecule has 0 aliphatic carbocycles. The van der Waals surface area contributed by atoms with Crippen molar-refractivity contribution in [2.75, 3.05) is 6.26 Å². The maximum absolute atomic E-state index is 11.0. The van der Waals surface area contributed by atoms with Crippen molar-refractivity contribution in [2.24, 2.45) is 0 Å². The highest BCUT2D eigenvalue weighted by atomic mass is 32.2. The molecule has 4 nitrogen and oxygen atoms in total. The van der Waals surface area contributed by atoms with Crippen LogP contribution >= 0.6 is 11.8 Å². The van der Waals surface area contributed by atoms with Crippen LogP contribution in [0.1, 0.15) is 15.9 Å². The molecule has 0 saturated heterocycles. The summed E-state index contributed by atoms with van der Waals surface area (Å²) >= 11 is 1.70. The summed E-state index contributed by atoms with van der Waals surface area (Å²) in [6.45, 7) is 1.93. The van der Waals surface area contributed by atoms with E-state index in [2.05, 4.69) is 22.3 Å². The lowest BCUT2D eigenvalue weighted by Crippen LogP contribution is -1.94. The van der Waals surface area contributed by atoms with Crippen molar-refractivity contribution < 1.29 is 4.79 Å². The number of benzene rings is 1. The zero-order valence-electron chi connectivity index (χ0n) is 11.2. The summed E-state index contributed by atoms with van der Waals surface area (Å²) in [5, 5.41) is 8.45. The summed E-state index contributed by atoms with van der Waals surface area (Å²) in [5.74, 6) is 0.749. The summed E-state index contributed by atoms with van der Waals surface area (Å²) < 4.78 is 1.87. The van der Waals surface area contributed by atoms with Gasteiger partial charge < -0.3 is 0 Å². The first-order chi connectivity index (χ1) is 9.72. The Morgan fingerprint density at radius 3 is 2.60 bits per heavy atom. The largest absolute Gasteiger partial charge is 0.298 e. The van der Waals surface area contributed by atoms with E-state index in [9.17, 15) is 4.79 Å². The Labute approximate surface area is 120 Å². The predicted molar refractivity (Wildman–Crippen MR) is 80.3 cm³/mol. The van der Waals surface area contributed by atoms with Crippen LogP contribution in [-0.2, 0) is 0 Å². The van der Waals surface area contributed by atoms with Gasteiger partial charge in [0.2, 0.25) is 0 Å². The van der Waals surface area contributed by atoms with Crippen molar-refractivity contribution in [3.8, 4) is 11.4 Å². The first kappa shape index (κ1) is 12.9. The lowest BCUT2D eigenvalue weighted by molar-refractivity contribution is 0.112. The quantitative estimate of drug-likeness (QED) is 0.547. The number of thioether (sulfide) groups is 1. The molecular weight excluding hydrogens is 270 g/mol. The van der Waals surface area contributed by atoms with Crippen LogP contribution in [0.15, 0.2) is 41.4 Å². The van der Waals surface area contributed by atoms with Crippen molar-refractivity contribution >= 4 is 23.7 Å². The average Bonchev–Trinajstić information content (AvgIpc) is 2.91. The third-order valence-electron chi connectivity index (χ3n) is 3.19. The molecule has 0 amide bonds. The number of aromatic nitrogens is 3. The Hall–Kier alpha value is -2.14.